The second kappa shape index (κ2) is 12.8. The van der Waals surface area contributed by atoms with Gasteiger partial charge in [-0.1, -0.05) is 19.1 Å². The zero-order chi connectivity index (χ0) is 20.9. The highest BCUT2D eigenvalue weighted by Crippen LogP contribution is 2.07. The van der Waals surface area contributed by atoms with Crippen molar-refractivity contribution in [2.24, 2.45) is 4.99 Å². The van der Waals surface area contributed by atoms with E-state index in [1.807, 2.05) is 57.8 Å². The molecule has 0 bridgehead atoms. The summed E-state index contributed by atoms with van der Waals surface area (Å²) in [5.74, 6) is 0.679. The number of aliphatic imine (C=N–C) groups is 1. The molecule has 0 unspecified atom stereocenters. The average molecular weight is 390 g/mol. The molecule has 7 heteroatoms. The van der Waals surface area contributed by atoms with Gasteiger partial charge in [0.05, 0.1) is 13.1 Å². The van der Waals surface area contributed by atoms with Crippen LogP contribution in [0.15, 0.2) is 29.3 Å². The van der Waals surface area contributed by atoms with Crippen molar-refractivity contribution in [2.75, 3.05) is 39.8 Å². The molecule has 0 aromatic heterocycles. The molecule has 2 amide bonds. The number of likely N-dealkylation sites (N-methyl/N-ethyl adjacent to an activating group) is 2. The summed E-state index contributed by atoms with van der Waals surface area (Å²) in [6, 6.07) is 7.48. The SMILES string of the molecule is CCCNC(=O)c1cccc(CN=C(NCC)N(C)CC(=O)N(CC)CC)c1. The molecule has 0 heterocycles. The van der Waals surface area contributed by atoms with Gasteiger partial charge >= 0.3 is 0 Å². The first kappa shape index (κ1) is 23.5. The molecule has 28 heavy (non-hydrogen) atoms. The Morgan fingerprint density at radius 3 is 2.39 bits per heavy atom. The molecule has 0 aliphatic rings. The maximum absolute atomic E-state index is 12.4. The minimum Gasteiger partial charge on any atom is -0.357 e. The van der Waals surface area contributed by atoms with E-state index in [1.165, 1.54) is 0 Å². The summed E-state index contributed by atoms with van der Waals surface area (Å²) in [6.07, 6.45) is 0.903. The lowest BCUT2D eigenvalue weighted by atomic mass is 10.1. The molecule has 0 aliphatic carbocycles. The predicted molar refractivity (Wildman–Crippen MR) is 114 cm³/mol. The molecule has 2 N–H and O–H groups in total. The van der Waals surface area contributed by atoms with E-state index in [-0.39, 0.29) is 18.4 Å². The predicted octanol–water partition coefficient (Wildman–Crippen LogP) is 2.09. The van der Waals surface area contributed by atoms with Gasteiger partial charge in [0.25, 0.3) is 5.91 Å². The number of guanidine groups is 1. The molecule has 0 saturated carbocycles. The minimum absolute atomic E-state index is 0.0680. The number of nitrogens with one attached hydrogen (secondary N) is 2. The second-order valence-electron chi connectivity index (χ2n) is 6.55. The first-order chi connectivity index (χ1) is 13.5. The molecule has 156 valence electrons. The van der Waals surface area contributed by atoms with Gasteiger partial charge in [0.2, 0.25) is 5.91 Å². The third-order valence-electron chi connectivity index (χ3n) is 4.32. The largest absolute Gasteiger partial charge is 0.357 e. The fraction of sp³-hybridized carbons (Fsp3) is 0.571. The topological polar surface area (TPSA) is 77.0 Å². The maximum atomic E-state index is 12.4. The van der Waals surface area contributed by atoms with E-state index in [0.29, 0.717) is 44.2 Å². The zero-order valence-electron chi connectivity index (χ0n) is 17.9. The number of hydrogen-bond acceptors (Lipinski definition) is 3. The van der Waals surface area contributed by atoms with E-state index in [4.69, 9.17) is 0 Å². The normalized spacial score (nSPS) is 11.1. The number of carbonyl (C=O) groups is 2. The molecule has 0 aliphatic heterocycles. The average Bonchev–Trinajstić information content (AvgIpc) is 2.70. The Balaban J connectivity index is 2.83. The van der Waals surface area contributed by atoms with Crippen molar-refractivity contribution in [3.63, 3.8) is 0 Å². The zero-order valence-corrected chi connectivity index (χ0v) is 17.9. The summed E-state index contributed by atoms with van der Waals surface area (Å²) in [5, 5.41) is 6.11. The van der Waals surface area contributed by atoms with Crippen molar-refractivity contribution in [3.8, 4) is 0 Å². The molecular weight excluding hydrogens is 354 g/mol. The summed E-state index contributed by atoms with van der Waals surface area (Å²) in [7, 11) is 1.86. The summed E-state index contributed by atoms with van der Waals surface area (Å²) in [4.78, 5) is 32.8. The fourth-order valence-electron chi connectivity index (χ4n) is 2.74. The smallest absolute Gasteiger partial charge is 0.251 e. The lowest BCUT2D eigenvalue weighted by Gasteiger charge is -2.25. The van der Waals surface area contributed by atoms with Crippen molar-refractivity contribution in [2.45, 2.75) is 40.7 Å². The summed E-state index contributed by atoms with van der Waals surface area (Å²) in [5.41, 5.74) is 1.58. The van der Waals surface area contributed by atoms with Crippen LogP contribution in [0.3, 0.4) is 0 Å². The van der Waals surface area contributed by atoms with Gasteiger partial charge in [0.15, 0.2) is 5.96 Å². The van der Waals surface area contributed by atoms with Gasteiger partial charge in [-0.15, -0.1) is 0 Å². The van der Waals surface area contributed by atoms with Gasteiger partial charge in [0.1, 0.15) is 0 Å². The van der Waals surface area contributed by atoms with Crippen LogP contribution in [0.4, 0.5) is 0 Å². The number of nitrogens with zero attached hydrogens (tertiary/aromatic N) is 3. The van der Waals surface area contributed by atoms with Crippen LogP contribution < -0.4 is 10.6 Å². The lowest BCUT2D eigenvalue weighted by Crippen LogP contribution is -2.45. The Labute approximate surface area is 169 Å². The summed E-state index contributed by atoms with van der Waals surface area (Å²) >= 11 is 0. The standard InChI is InChI=1S/C21H35N5O2/c1-6-13-23-20(28)18-12-10-11-17(14-18)15-24-21(22-7-2)25(5)16-19(27)26(8-3)9-4/h10-12,14H,6-9,13,15-16H2,1-5H3,(H,22,24)(H,23,28). The van der Waals surface area contributed by atoms with Crippen molar-refractivity contribution < 1.29 is 9.59 Å². The van der Waals surface area contributed by atoms with Crippen molar-refractivity contribution in [1.29, 1.82) is 0 Å². The molecule has 0 saturated heterocycles. The molecule has 0 spiro atoms. The van der Waals surface area contributed by atoms with Crippen LogP contribution in [-0.4, -0.2) is 67.3 Å². The number of carbonyl (C=O) groups excluding carboxylic acids is 2. The molecule has 0 atom stereocenters. The van der Waals surface area contributed by atoms with Crippen LogP contribution in [-0.2, 0) is 11.3 Å². The van der Waals surface area contributed by atoms with Crippen LogP contribution >= 0.6 is 0 Å². The highest BCUT2D eigenvalue weighted by Gasteiger charge is 2.15. The Morgan fingerprint density at radius 2 is 1.79 bits per heavy atom. The van der Waals surface area contributed by atoms with E-state index in [0.717, 1.165) is 12.0 Å². The second-order valence-corrected chi connectivity index (χ2v) is 6.55. The van der Waals surface area contributed by atoms with Crippen LogP contribution in [0.5, 0.6) is 0 Å². The Morgan fingerprint density at radius 1 is 1.07 bits per heavy atom. The third-order valence-corrected chi connectivity index (χ3v) is 4.32. The molecule has 1 aromatic carbocycles. The fourth-order valence-corrected chi connectivity index (χ4v) is 2.74. The van der Waals surface area contributed by atoms with Crippen LogP contribution in [0.2, 0.25) is 0 Å². The van der Waals surface area contributed by atoms with Crippen molar-refractivity contribution >= 4 is 17.8 Å². The quantitative estimate of drug-likeness (QED) is 0.475. The van der Waals surface area contributed by atoms with E-state index in [9.17, 15) is 9.59 Å². The van der Waals surface area contributed by atoms with E-state index in [2.05, 4.69) is 15.6 Å². The molecule has 1 aromatic rings. The number of amides is 2. The maximum Gasteiger partial charge on any atom is 0.251 e. The summed E-state index contributed by atoms with van der Waals surface area (Å²) in [6.45, 7) is 11.4. The Kier molecular flexibility index (Phi) is 10.7. The minimum atomic E-state index is -0.0680. The molecular formula is C21H35N5O2. The number of hydrogen-bond donors (Lipinski definition) is 2. The van der Waals surface area contributed by atoms with Crippen LogP contribution in [0, 0.1) is 0 Å². The molecule has 0 fully saturated rings. The van der Waals surface area contributed by atoms with Crippen molar-refractivity contribution in [3.05, 3.63) is 35.4 Å². The summed E-state index contributed by atoms with van der Waals surface area (Å²) < 4.78 is 0. The monoisotopic (exact) mass is 389 g/mol. The Hall–Kier alpha value is -2.57. The van der Waals surface area contributed by atoms with E-state index >= 15 is 0 Å². The Bertz CT molecular complexity index is 656. The van der Waals surface area contributed by atoms with Gasteiger partial charge in [0, 0.05) is 38.8 Å². The van der Waals surface area contributed by atoms with Crippen LogP contribution in [0.1, 0.15) is 50.0 Å². The molecule has 0 radical (unpaired) electrons. The first-order valence-corrected chi connectivity index (χ1v) is 10.1. The highest BCUT2D eigenvalue weighted by atomic mass is 16.2. The van der Waals surface area contributed by atoms with Crippen molar-refractivity contribution in [1.82, 2.24) is 20.4 Å². The van der Waals surface area contributed by atoms with Crippen LogP contribution in [0.25, 0.3) is 0 Å². The lowest BCUT2D eigenvalue weighted by molar-refractivity contribution is -0.131. The van der Waals surface area contributed by atoms with E-state index in [1.54, 1.807) is 11.0 Å². The van der Waals surface area contributed by atoms with Gasteiger partial charge < -0.3 is 20.4 Å². The van der Waals surface area contributed by atoms with Gasteiger partial charge in [-0.25, -0.2) is 4.99 Å². The van der Waals surface area contributed by atoms with E-state index < -0.39 is 0 Å². The molecule has 1 rings (SSSR count). The third kappa shape index (κ3) is 7.58. The highest BCUT2D eigenvalue weighted by molar-refractivity contribution is 5.94. The van der Waals surface area contributed by atoms with Gasteiger partial charge in [-0.05, 0) is 44.9 Å². The number of rotatable bonds is 10. The first-order valence-electron chi connectivity index (χ1n) is 10.1. The van der Waals surface area contributed by atoms with Gasteiger partial charge in [-0.3, -0.25) is 9.59 Å². The molecule has 7 nitrogen and oxygen atoms in total. The number of benzene rings is 1. The van der Waals surface area contributed by atoms with Gasteiger partial charge in [-0.2, -0.15) is 0 Å².